The molecule has 0 saturated heterocycles. The standard InChI is InChI=1S/C23H21N3O2/c1-16(28-20-9-8-18-5-3-4-6-19(18)14-20)23(27)26(2)15-17-7-10-21-22(13-17)25-12-11-24-21/h3-14,16H,15H2,1-2H3/t16-/m1/s1. The zero-order chi connectivity index (χ0) is 19.5. The highest BCUT2D eigenvalue weighted by Gasteiger charge is 2.19. The van der Waals surface area contributed by atoms with Gasteiger partial charge in [-0.3, -0.25) is 14.8 Å². The first-order valence-electron chi connectivity index (χ1n) is 9.20. The summed E-state index contributed by atoms with van der Waals surface area (Å²) in [7, 11) is 1.78. The Morgan fingerprint density at radius 2 is 1.71 bits per heavy atom. The fourth-order valence-corrected chi connectivity index (χ4v) is 3.26. The summed E-state index contributed by atoms with van der Waals surface area (Å²) in [5.74, 6) is 0.612. The van der Waals surface area contributed by atoms with Gasteiger partial charge in [0.1, 0.15) is 5.75 Å². The second-order valence-corrected chi connectivity index (χ2v) is 6.84. The molecule has 1 amide bonds. The van der Waals surface area contributed by atoms with Gasteiger partial charge in [-0.2, -0.15) is 0 Å². The maximum atomic E-state index is 12.8. The van der Waals surface area contributed by atoms with E-state index in [4.69, 9.17) is 4.74 Å². The largest absolute Gasteiger partial charge is 0.481 e. The molecule has 1 heterocycles. The quantitative estimate of drug-likeness (QED) is 0.527. The van der Waals surface area contributed by atoms with Crippen molar-refractivity contribution in [2.45, 2.75) is 19.6 Å². The molecule has 0 aliphatic carbocycles. The number of fused-ring (bicyclic) bond motifs is 2. The second kappa shape index (κ2) is 7.64. The molecule has 1 aromatic heterocycles. The van der Waals surface area contributed by atoms with Crippen LogP contribution in [0.2, 0.25) is 0 Å². The number of benzene rings is 3. The SMILES string of the molecule is C[C@@H](Oc1ccc2ccccc2c1)C(=O)N(C)Cc1ccc2nccnc2c1. The van der Waals surface area contributed by atoms with Gasteiger partial charge in [0, 0.05) is 26.0 Å². The zero-order valence-electron chi connectivity index (χ0n) is 15.9. The van der Waals surface area contributed by atoms with E-state index in [1.165, 1.54) is 0 Å². The van der Waals surface area contributed by atoms with Crippen molar-refractivity contribution in [1.29, 1.82) is 0 Å². The molecular formula is C23H21N3O2. The average molecular weight is 371 g/mol. The average Bonchev–Trinajstić information content (AvgIpc) is 2.73. The summed E-state index contributed by atoms with van der Waals surface area (Å²) in [6.45, 7) is 2.26. The molecule has 140 valence electrons. The summed E-state index contributed by atoms with van der Waals surface area (Å²) in [5, 5.41) is 2.23. The highest BCUT2D eigenvalue weighted by molar-refractivity contribution is 5.84. The smallest absolute Gasteiger partial charge is 0.263 e. The van der Waals surface area contributed by atoms with Crippen LogP contribution < -0.4 is 4.74 Å². The fraction of sp³-hybridized carbons (Fsp3) is 0.174. The molecule has 0 saturated carbocycles. The van der Waals surface area contributed by atoms with Crippen LogP contribution in [0, 0.1) is 0 Å². The molecule has 0 unspecified atom stereocenters. The number of hydrogen-bond acceptors (Lipinski definition) is 4. The van der Waals surface area contributed by atoms with Crippen molar-refractivity contribution in [3.05, 3.63) is 78.6 Å². The van der Waals surface area contributed by atoms with Crippen molar-refractivity contribution in [3.8, 4) is 5.75 Å². The van der Waals surface area contributed by atoms with Crippen LogP contribution in [0.25, 0.3) is 21.8 Å². The van der Waals surface area contributed by atoms with Crippen molar-refractivity contribution >= 4 is 27.7 Å². The Labute approximate surface area is 163 Å². The third-order valence-electron chi connectivity index (χ3n) is 4.71. The van der Waals surface area contributed by atoms with Crippen LogP contribution in [0.15, 0.2) is 73.1 Å². The topological polar surface area (TPSA) is 55.3 Å². The molecule has 1 atom stereocenters. The Bertz CT molecular complexity index is 1050. The lowest BCUT2D eigenvalue weighted by atomic mass is 10.1. The Balaban J connectivity index is 1.44. The number of carbonyl (C=O) groups excluding carboxylic acids is 1. The van der Waals surface area contributed by atoms with Gasteiger partial charge in [-0.05, 0) is 47.5 Å². The van der Waals surface area contributed by atoms with Crippen LogP contribution >= 0.6 is 0 Å². The van der Waals surface area contributed by atoms with Crippen LogP contribution in [0.4, 0.5) is 0 Å². The maximum Gasteiger partial charge on any atom is 0.263 e. The van der Waals surface area contributed by atoms with Gasteiger partial charge in [0.15, 0.2) is 6.10 Å². The van der Waals surface area contributed by atoms with E-state index in [-0.39, 0.29) is 5.91 Å². The number of nitrogens with zero attached hydrogens (tertiary/aromatic N) is 3. The Morgan fingerprint density at radius 3 is 2.54 bits per heavy atom. The van der Waals surface area contributed by atoms with Crippen molar-refractivity contribution in [1.82, 2.24) is 14.9 Å². The minimum Gasteiger partial charge on any atom is -0.481 e. The van der Waals surface area contributed by atoms with Gasteiger partial charge >= 0.3 is 0 Å². The van der Waals surface area contributed by atoms with Crippen LogP contribution in [-0.2, 0) is 11.3 Å². The minimum absolute atomic E-state index is 0.0765. The number of likely N-dealkylation sites (N-methyl/N-ethyl adjacent to an activating group) is 1. The fourth-order valence-electron chi connectivity index (χ4n) is 3.26. The summed E-state index contributed by atoms with van der Waals surface area (Å²) in [5.41, 5.74) is 2.66. The molecule has 0 aliphatic heterocycles. The maximum absolute atomic E-state index is 12.8. The Hall–Kier alpha value is -3.47. The van der Waals surface area contributed by atoms with Gasteiger partial charge in [-0.25, -0.2) is 0 Å². The first-order chi connectivity index (χ1) is 13.6. The van der Waals surface area contributed by atoms with Crippen molar-refractivity contribution < 1.29 is 9.53 Å². The predicted molar refractivity (Wildman–Crippen MR) is 110 cm³/mol. The zero-order valence-corrected chi connectivity index (χ0v) is 15.9. The molecular weight excluding hydrogens is 350 g/mol. The Morgan fingerprint density at radius 1 is 0.964 bits per heavy atom. The van der Waals surface area contributed by atoms with E-state index < -0.39 is 6.10 Å². The lowest BCUT2D eigenvalue weighted by Gasteiger charge is -2.22. The van der Waals surface area contributed by atoms with E-state index in [0.29, 0.717) is 12.3 Å². The molecule has 0 bridgehead atoms. The molecule has 5 heteroatoms. The first kappa shape index (κ1) is 17.9. The molecule has 0 radical (unpaired) electrons. The van der Waals surface area contributed by atoms with E-state index in [9.17, 15) is 4.79 Å². The van der Waals surface area contributed by atoms with Crippen molar-refractivity contribution in [2.75, 3.05) is 7.05 Å². The molecule has 0 aliphatic rings. The molecule has 5 nitrogen and oxygen atoms in total. The first-order valence-corrected chi connectivity index (χ1v) is 9.20. The number of aromatic nitrogens is 2. The molecule has 0 spiro atoms. The van der Waals surface area contributed by atoms with Crippen LogP contribution in [0.5, 0.6) is 5.75 Å². The summed E-state index contributed by atoms with van der Waals surface area (Å²) in [6.07, 6.45) is 2.76. The van der Waals surface area contributed by atoms with Gasteiger partial charge < -0.3 is 9.64 Å². The highest BCUT2D eigenvalue weighted by atomic mass is 16.5. The number of ether oxygens (including phenoxy) is 1. The molecule has 0 fully saturated rings. The third kappa shape index (κ3) is 3.78. The lowest BCUT2D eigenvalue weighted by Crippen LogP contribution is -2.37. The van der Waals surface area contributed by atoms with Gasteiger partial charge in [0.05, 0.1) is 11.0 Å². The molecule has 4 rings (SSSR count). The van der Waals surface area contributed by atoms with Gasteiger partial charge in [-0.1, -0.05) is 36.4 Å². The van der Waals surface area contributed by atoms with Crippen LogP contribution in [-0.4, -0.2) is 33.9 Å². The van der Waals surface area contributed by atoms with E-state index in [2.05, 4.69) is 16.0 Å². The van der Waals surface area contributed by atoms with E-state index >= 15 is 0 Å². The minimum atomic E-state index is -0.577. The second-order valence-electron chi connectivity index (χ2n) is 6.84. The van der Waals surface area contributed by atoms with Crippen LogP contribution in [0.1, 0.15) is 12.5 Å². The predicted octanol–water partition coefficient (Wildman–Crippen LogP) is 4.21. The summed E-state index contributed by atoms with van der Waals surface area (Å²) in [6, 6.07) is 19.8. The van der Waals surface area contributed by atoms with Crippen molar-refractivity contribution in [2.24, 2.45) is 0 Å². The third-order valence-corrected chi connectivity index (χ3v) is 4.71. The van der Waals surface area contributed by atoms with Crippen molar-refractivity contribution in [3.63, 3.8) is 0 Å². The van der Waals surface area contributed by atoms with E-state index in [1.54, 1.807) is 31.3 Å². The normalized spacial score (nSPS) is 12.1. The number of carbonyl (C=O) groups is 1. The number of amides is 1. The molecule has 0 N–H and O–H groups in total. The number of rotatable bonds is 5. The molecule has 3 aromatic carbocycles. The van der Waals surface area contributed by atoms with E-state index in [1.807, 2.05) is 54.6 Å². The van der Waals surface area contributed by atoms with Crippen LogP contribution in [0.3, 0.4) is 0 Å². The van der Waals surface area contributed by atoms with Gasteiger partial charge in [0.25, 0.3) is 5.91 Å². The molecule has 4 aromatic rings. The summed E-state index contributed by atoms with van der Waals surface area (Å²) >= 11 is 0. The van der Waals surface area contributed by atoms with Gasteiger partial charge in [-0.15, -0.1) is 0 Å². The molecule has 28 heavy (non-hydrogen) atoms. The van der Waals surface area contributed by atoms with Gasteiger partial charge in [0.2, 0.25) is 0 Å². The Kier molecular flexibility index (Phi) is 4.89. The lowest BCUT2D eigenvalue weighted by molar-refractivity contribution is -0.137. The van der Waals surface area contributed by atoms with E-state index in [0.717, 1.165) is 27.4 Å². The monoisotopic (exact) mass is 371 g/mol. The number of hydrogen-bond donors (Lipinski definition) is 0. The highest BCUT2D eigenvalue weighted by Crippen LogP contribution is 2.22. The summed E-state index contributed by atoms with van der Waals surface area (Å²) in [4.78, 5) is 23.0. The summed E-state index contributed by atoms with van der Waals surface area (Å²) < 4.78 is 5.90.